The first-order valence-corrected chi connectivity index (χ1v) is 13.5. The SMILES string of the molecule is C/C=C/C1CCC(c2ccc(-c3ccc(Oc4c(C)cc(P(O)NO)cc4C)cc3F)cc2F)CC1. The summed E-state index contributed by atoms with van der Waals surface area (Å²) >= 11 is 0. The van der Waals surface area contributed by atoms with Crippen LogP contribution in [0.15, 0.2) is 60.7 Å². The number of nitrogens with one attached hydrogen (secondary N) is 1. The molecule has 3 aromatic carbocycles. The average molecular weight is 512 g/mol. The van der Waals surface area contributed by atoms with Gasteiger partial charge in [0.25, 0.3) is 0 Å². The second-order valence-corrected chi connectivity index (χ2v) is 10.8. The summed E-state index contributed by atoms with van der Waals surface area (Å²) in [6, 6.07) is 13.0. The zero-order chi connectivity index (χ0) is 25.8. The van der Waals surface area contributed by atoms with Crippen LogP contribution in [0, 0.1) is 31.4 Å². The van der Waals surface area contributed by atoms with E-state index in [1.54, 1.807) is 36.4 Å². The first kappa shape index (κ1) is 26.4. The lowest BCUT2D eigenvalue weighted by molar-refractivity contribution is 0.241. The molecule has 1 saturated carbocycles. The molecule has 0 spiro atoms. The predicted octanol–water partition coefficient (Wildman–Crippen LogP) is 7.80. The van der Waals surface area contributed by atoms with E-state index in [0.29, 0.717) is 33.8 Å². The molecule has 3 N–H and O–H groups in total. The molecule has 1 aliphatic carbocycles. The van der Waals surface area contributed by atoms with Gasteiger partial charge in [-0.1, -0.05) is 24.3 Å². The molecule has 0 heterocycles. The summed E-state index contributed by atoms with van der Waals surface area (Å²) in [6.45, 7) is 5.66. The van der Waals surface area contributed by atoms with E-state index >= 15 is 8.78 Å². The van der Waals surface area contributed by atoms with E-state index in [4.69, 9.17) is 9.94 Å². The molecular weight excluding hydrogens is 479 g/mol. The fraction of sp³-hybridized carbons (Fsp3) is 0.310. The quantitative estimate of drug-likeness (QED) is 0.172. The molecular formula is C29H32F2NO3P. The first-order valence-electron chi connectivity index (χ1n) is 12.2. The summed E-state index contributed by atoms with van der Waals surface area (Å²) in [7, 11) is -1.87. The minimum atomic E-state index is -1.87. The van der Waals surface area contributed by atoms with Crippen LogP contribution in [-0.2, 0) is 0 Å². The number of hydrogen-bond donors (Lipinski definition) is 3. The van der Waals surface area contributed by atoms with Gasteiger partial charge in [-0.3, -0.25) is 0 Å². The van der Waals surface area contributed by atoms with E-state index < -0.39 is 14.1 Å². The van der Waals surface area contributed by atoms with Gasteiger partial charge in [0.1, 0.15) is 23.1 Å². The third kappa shape index (κ3) is 5.84. The van der Waals surface area contributed by atoms with Gasteiger partial charge in [-0.2, -0.15) is 5.25 Å². The van der Waals surface area contributed by atoms with Gasteiger partial charge in [-0.25, -0.2) is 8.78 Å². The van der Waals surface area contributed by atoms with E-state index in [2.05, 4.69) is 12.2 Å². The molecule has 4 nitrogen and oxygen atoms in total. The third-order valence-electron chi connectivity index (χ3n) is 6.93. The van der Waals surface area contributed by atoms with Gasteiger partial charge in [0, 0.05) is 16.9 Å². The molecule has 0 bridgehead atoms. The molecule has 0 aliphatic heterocycles. The highest BCUT2D eigenvalue weighted by Gasteiger charge is 2.23. The Kier molecular flexibility index (Phi) is 8.53. The molecule has 0 amide bonds. The van der Waals surface area contributed by atoms with Crippen LogP contribution >= 0.6 is 8.30 Å². The maximum Gasteiger partial charge on any atom is 0.156 e. The minimum absolute atomic E-state index is 0.203. The highest BCUT2D eigenvalue weighted by Crippen LogP contribution is 2.39. The third-order valence-corrected chi connectivity index (χ3v) is 7.87. The Bertz CT molecular complexity index is 1230. The normalized spacial score (nSPS) is 19.0. The van der Waals surface area contributed by atoms with E-state index in [-0.39, 0.29) is 11.7 Å². The van der Waals surface area contributed by atoms with Crippen molar-refractivity contribution in [1.82, 2.24) is 5.25 Å². The van der Waals surface area contributed by atoms with Crippen LogP contribution in [0.4, 0.5) is 8.78 Å². The lowest BCUT2D eigenvalue weighted by atomic mass is 9.78. The van der Waals surface area contributed by atoms with Crippen LogP contribution in [-0.4, -0.2) is 10.1 Å². The highest BCUT2D eigenvalue weighted by atomic mass is 31.2. The standard InChI is InChI=1S/C29H32F2NO3P/c1-4-5-20-6-8-21(9-7-20)25-12-10-22(16-27(25)30)26-13-11-23(17-28(26)31)35-29-18(2)14-24(15-19(29)3)36(34)32-33/h4-5,10-17,20-21,32-34H,6-9H2,1-3H3/b5-4+. The van der Waals surface area contributed by atoms with Crippen LogP contribution in [0.5, 0.6) is 11.5 Å². The summed E-state index contributed by atoms with van der Waals surface area (Å²) in [5.74, 6) is 0.869. The molecule has 3 aromatic rings. The van der Waals surface area contributed by atoms with Crippen molar-refractivity contribution < 1.29 is 23.6 Å². The Morgan fingerprint density at radius 2 is 1.64 bits per heavy atom. The predicted molar refractivity (Wildman–Crippen MR) is 141 cm³/mol. The largest absolute Gasteiger partial charge is 0.457 e. The van der Waals surface area contributed by atoms with Crippen molar-refractivity contribution >= 4 is 13.6 Å². The van der Waals surface area contributed by atoms with Gasteiger partial charge < -0.3 is 14.8 Å². The van der Waals surface area contributed by atoms with Crippen LogP contribution in [0.2, 0.25) is 0 Å². The molecule has 1 aliphatic rings. The topological polar surface area (TPSA) is 61.7 Å². The van der Waals surface area contributed by atoms with Crippen molar-refractivity contribution in [1.29, 1.82) is 0 Å². The Morgan fingerprint density at radius 1 is 0.944 bits per heavy atom. The molecule has 4 rings (SSSR count). The zero-order valence-electron chi connectivity index (χ0n) is 20.8. The smallest absolute Gasteiger partial charge is 0.156 e. The molecule has 0 saturated heterocycles. The lowest BCUT2D eigenvalue weighted by Gasteiger charge is -2.27. The van der Waals surface area contributed by atoms with Gasteiger partial charge in [-0.05, 0) is 111 Å². The molecule has 0 aromatic heterocycles. The summed E-state index contributed by atoms with van der Waals surface area (Å²) in [6.07, 6.45) is 8.38. The van der Waals surface area contributed by atoms with E-state index in [1.807, 2.05) is 26.0 Å². The molecule has 1 unspecified atom stereocenters. The summed E-state index contributed by atoms with van der Waals surface area (Å²) in [5, 5.41) is 11.4. The number of rotatable bonds is 7. The maximum absolute atomic E-state index is 15.1. The van der Waals surface area contributed by atoms with Crippen molar-refractivity contribution in [2.75, 3.05) is 0 Å². The molecule has 0 radical (unpaired) electrons. The number of allylic oxidation sites excluding steroid dienone is 2. The van der Waals surface area contributed by atoms with Gasteiger partial charge in [0.05, 0.1) is 0 Å². The van der Waals surface area contributed by atoms with Gasteiger partial charge >= 0.3 is 0 Å². The lowest BCUT2D eigenvalue weighted by Crippen LogP contribution is -2.13. The molecule has 1 atom stereocenters. The van der Waals surface area contributed by atoms with Crippen LogP contribution in [0.3, 0.4) is 0 Å². The monoisotopic (exact) mass is 511 g/mol. The van der Waals surface area contributed by atoms with Crippen LogP contribution in [0.1, 0.15) is 55.2 Å². The second kappa shape index (κ2) is 11.6. The van der Waals surface area contributed by atoms with Gasteiger partial charge in [0.2, 0.25) is 0 Å². The Morgan fingerprint density at radius 3 is 2.22 bits per heavy atom. The van der Waals surface area contributed by atoms with E-state index in [1.165, 1.54) is 12.1 Å². The summed E-state index contributed by atoms with van der Waals surface area (Å²) in [4.78, 5) is 9.86. The number of hydrogen-bond acceptors (Lipinski definition) is 4. The Labute approximate surface area is 212 Å². The molecule has 1 fully saturated rings. The fourth-order valence-electron chi connectivity index (χ4n) is 5.10. The molecule has 190 valence electrons. The van der Waals surface area contributed by atoms with Crippen LogP contribution in [0.25, 0.3) is 11.1 Å². The number of aryl methyl sites for hydroxylation is 2. The second-order valence-electron chi connectivity index (χ2n) is 9.44. The van der Waals surface area contributed by atoms with Crippen molar-refractivity contribution in [2.45, 2.75) is 52.4 Å². The molecule has 7 heteroatoms. The average Bonchev–Trinajstić information content (AvgIpc) is 2.86. The Balaban J connectivity index is 1.51. The number of benzene rings is 3. The Hall–Kier alpha value is -2.63. The summed E-state index contributed by atoms with van der Waals surface area (Å²) < 4.78 is 36.1. The van der Waals surface area contributed by atoms with Crippen molar-refractivity contribution in [3.05, 3.63) is 89.0 Å². The van der Waals surface area contributed by atoms with Gasteiger partial charge in [-0.15, -0.1) is 0 Å². The number of halogens is 2. The zero-order valence-corrected chi connectivity index (χ0v) is 21.7. The minimum Gasteiger partial charge on any atom is -0.457 e. The summed E-state index contributed by atoms with van der Waals surface area (Å²) in [5.41, 5.74) is 3.00. The van der Waals surface area contributed by atoms with E-state index in [9.17, 15) is 4.89 Å². The maximum atomic E-state index is 15.1. The van der Waals surface area contributed by atoms with Crippen molar-refractivity contribution in [3.8, 4) is 22.6 Å². The van der Waals surface area contributed by atoms with Crippen molar-refractivity contribution in [2.24, 2.45) is 5.92 Å². The number of ether oxygens (including phenoxy) is 1. The molecule has 36 heavy (non-hydrogen) atoms. The van der Waals surface area contributed by atoms with E-state index in [0.717, 1.165) is 42.4 Å². The van der Waals surface area contributed by atoms with Crippen molar-refractivity contribution in [3.63, 3.8) is 0 Å². The van der Waals surface area contributed by atoms with Gasteiger partial charge in [0.15, 0.2) is 8.30 Å². The fourth-order valence-corrected chi connectivity index (χ4v) is 5.85. The van der Waals surface area contributed by atoms with Crippen LogP contribution < -0.4 is 15.3 Å². The highest BCUT2D eigenvalue weighted by molar-refractivity contribution is 7.57. The first-order chi connectivity index (χ1) is 17.3.